The Morgan fingerprint density at radius 2 is 1.64 bits per heavy atom. The average Bonchev–Trinajstić information content (AvgIpc) is 3.07. The Bertz CT molecular complexity index is 878. The van der Waals surface area contributed by atoms with Crippen molar-refractivity contribution in [2.75, 3.05) is 5.75 Å². The van der Waals surface area contributed by atoms with Gasteiger partial charge in [0.1, 0.15) is 5.82 Å². The zero-order chi connectivity index (χ0) is 19.8. The van der Waals surface area contributed by atoms with E-state index in [0.29, 0.717) is 18.2 Å². The molecule has 0 atom stereocenters. The van der Waals surface area contributed by atoms with Crippen LogP contribution in [0.15, 0.2) is 65.8 Å². The van der Waals surface area contributed by atoms with Crippen molar-refractivity contribution in [3.05, 3.63) is 77.6 Å². The molecule has 5 nitrogen and oxygen atoms in total. The van der Waals surface area contributed by atoms with Gasteiger partial charge in [-0.05, 0) is 17.0 Å². The Labute approximate surface area is 170 Å². The molecule has 0 aliphatic rings. The summed E-state index contributed by atoms with van der Waals surface area (Å²) in [6, 6.07) is 20.2. The van der Waals surface area contributed by atoms with E-state index in [-0.39, 0.29) is 5.91 Å². The van der Waals surface area contributed by atoms with E-state index < -0.39 is 0 Å². The summed E-state index contributed by atoms with van der Waals surface area (Å²) < 4.78 is 2.15. The van der Waals surface area contributed by atoms with E-state index in [4.69, 9.17) is 0 Å². The summed E-state index contributed by atoms with van der Waals surface area (Å²) in [5.74, 6) is 1.73. The fraction of sp³-hybridized carbons (Fsp3) is 0.318. The Kier molecular flexibility index (Phi) is 7.25. The number of nitrogens with zero attached hydrogens (tertiary/aromatic N) is 3. The van der Waals surface area contributed by atoms with Gasteiger partial charge in [-0.2, -0.15) is 0 Å². The van der Waals surface area contributed by atoms with Crippen molar-refractivity contribution in [2.45, 2.75) is 38.5 Å². The van der Waals surface area contributed by atoms with Crippen molar-refractivity contribution < 1.29 is 4.79 Å². The number of aromatic nitrogens is 3. The van der Waals surface area contributed by atoms with E-state index in [0.717, 1.165) is 29.5 Å². The van der Waals surface area contributed by atoms with E-state index in [1.54, 1.807) is 0 Å². The third-order valence-corrected chi connectivity index (χ3v) is 5.18. The molecule has 0 spiro atoms. The molecule has 28 heavy (non-hydrogen) atoms. The highest BCUT2D eigenvalue weighted by atomic mass is 32.2. The molecule has 0 saturated carbocycles. The number of benzene rings is 2. The predicted octanol–water partition coefficient (Wildman–Crippen LogP) is 3.93. The Balaban J connectivity index is 1.61. The molecule has 0 aliphatic carbocycles. The van der Waals surface area contributed by atoms with Crippen molar-refractivity contribution in [1.82, 2.24) is 20.1 Å². The SMILES string of the molecule is CC(C)Cn1c(Cc2ccccc2)nnc1SCC(=O)NCc1ccccc1. The van der Waals surface area contributed by atoms with Crippen molar-refractivity contribution in [3.63, 3.8) is 0 Å². The molecule has 6 heteroatoms. The second-order valence-corrected chi connectivity index (χ2v) is 8.06. The van der Waals surface area contributed by atoms with Crippen molar-refractivity contribution in [3.8, 4) is 0 Å². The number of carbonyl (C=O) groups excluding carboxylic acids is 1. The number of rotatable bonds is 9. The molecule has 0 radical (unpaired) electrons. The van der Waals surface area contributed by atoms with Gasteiger partial charge in [-0.3, -0.25) is 4.79 Å². The summed E-state index contributed by atoms with van der Waals surface area (Å²) in [5, 5.41) is 12.5. The fourth-order valence-electron chi connectivity index (χ4n) is 2.86. The lowest BCUT2D eigenvalue weighted by Crippen LogP contribution is -2.24. The molecule has 1 amide bonds. The maximum atomic E-state index is 12.2. The van der Waals surface area contributed by atoms with E-state index >= 15 is 0 Å². The zero-order valence-electron chi connectivity index (χ0n) is 16.3. The van der Waals surface area contributed by atoms with E-state index in [2.05, 4.69) is 46.1 Å². The van der Waals surface area contributed by atoms with Gasteiger partial charge in [0, 0.05) is 19.5 Å². The first kappa shape index (κ1) is 20.1. The fourth-order valence-corrected chi connectivity index (χ4v) is 3.66. The molecule has 3 aromatic rings. The maximum absolute atomic E-state index is 12.2. The van der Waals surface area contributed by atoms with Gasteiger partial charge in [-0.25, -0.2) is 0 Å². The number of amides is 1. The lowest BCUT2D eigenvalue weighted by Gasteiger charge is -2.12. The van der Waals surface area contributed by atoms with Crippen LogP contribution in [-0.2, 0) is 24.3 Å². The minimum absolute atomic E-state index is 0.00226. The van der Waals surface area contributed by atoms with Crippen LogP contribution < -0.4 is 5.32 Å². The first-order chi connectivity index (χ1) is 13.6. The summed E-state index contributed by atoms with van der Waals surface area (Å²) >= 11 is 1.44. The molecule has 1 aromatic heterocycles. The maximum Gasteiger partial charge on any atom is 0.230 e. The van der Waals surface area contributed by atoms with Crippen LogP contribution in [0.1, 0.15) is 30.8 Å². The van der Waals surface area contributed by atoms with Gasteiger partial charge in [0.05, 0.1) is 5.75 Å². The van der Waals surface area contributed by atoms with Gasteiger partial charge in [-0.15, -0.1) is 10.2 Å². The second-order valence-electron chi connectivity index (χ2n) is 7.12. The van der Waals surface area contributed by atoms with Crippen LogP contribution in [0, 0.1) is 5.92 Å². The quantitative estimate of drug-likeness (QED) is 0.559. The van der Waals surface area contributed by atoms with Gasteiger partial charge in [0.25, 0.3) is 0 Å². The number of nitrogens with one attached hydrogen (secondary N) is 1. The summed E-state index contributed by atoms with van der Waals surface area (Å²) in [6.07, 6.45) is 0.737. The standard InChI is InChI=1S/C22H26N4OS/c1-17(2)15-26-20(13-18-9-5-3-6-10-18)24-25-22(26)28-16-21(27)23-14-19-11-7-4-8-12-19/h3-12,17H,13-16H2,1-2H3,(H,23,27). The molecular formula is C22H26N4OS. The van der Waals surface area contributed by atoms with Gasteiger partial charge in [0.2, 0.25) is 5.91 Å². The third-order valence-electron chi connectivity index (χ3n) is 4.21. The number of hydrogen-bond donors (Lipinski definition) is 1. The van der Waals surface area contributed by atoms with Gasteiger partial charge in [0.15, 0.2) is 5.16 Å². The summed E-state index contributed by atoms with van der Waals surface area (Å²) in [4.78, 5) is 12.2. The van der Waals surface area contributed by atoms with Gasteiger partial charge < -0.3 is 9.88 Å². The van der Waals surface area contributed by atoms with Crippen LogP contribution in [0.2, 0.25) is 0 Å². The predicted molar refractivity (Wildman–Crippen MR) is 113 cm³/mol. The van der Waals surface area contributed by atoms with Gasteiger partial charge in [-0.1, -0.05) is 86.3 Å². The molecule has 1 heterocycles. The average molecular weight is 395 g/mol. The van der Waals surface area contributed by atoms with Crippen molar-refractivity contribution in [2.24, 2.45) is 5.92 Å². The first-order valence-electron chi connectivity index (χ1n) is 9.51. The minimum atomic E-state index is -0.00226. The summed E-state index contributed by atoms with van der Waals surface area (Å²) in [5.41, 5.74) is 2.30. The molecule has 3 rings (SSSR count). The van der Waals surface area contributed by atoms with Crippen LogP contribution in [-0.4, -0.2) is 26.4 Å². The van der Waals surface area contributed by atoms with E-state index in [1.165, 1.54) is 17.3 Å². The Morgan fingerprint density at radius 1 is 1.00 bits per heavy atom. The minimum Gasteiger partial charge on any atom is -0.351 e. The molecular weight excluding hydrogens is 368 g/mol. The van der Waals surface area contributed by atoms with Crippen molar-refractivity contribution >= 4 is 17.7 Å². The highest BCUT2D eigenvalue weighted by Crippen LogP contribution is 2.20. The zero-order valence-corrected chi connectivity index (χ0v) is 17.2. The molecule has 0 bridgehead atoms. The van der Waals surface area contributed by atoms with Crippen molar-refractivity contribution in [1.29, 1.82) is 0 Å². The van der Waals surface area contributed by atoms with Crippen LogP contribution in [0.25, 0.3) is 0 Å². The Hall–Kier alpha value is -2.60. The first-order valence-corrected chi connectivity index (χ1v) is 10.5. The third kappa shape index (κ3) is 5.96. The lowest BCUT2D eigenvalue weighted by molar-refractivity contribution is -0.118. The highest BCUT2D eigenvalue weighted by Gasteiger charge is 2.15. The number of carbonyl (C=O) groups is 1. The second kappa shape index (κ2) is 10.1. The van der Waals surface area contributed by atoms with Crippen LogP contribution in [0.5, 0.6) is 0 Å². The molecule has 1 N–H and O–H groups in total. The number of thioether (sulfide) groups is 1. The Morgan fingerprint density at radius 3 is 2.29 bits per heavy atom. The van der Waals surface area contributed by atoms with E-state index in [1.807, 2.05) is 48.5 Å². The molecule has 0 aliphatic heterocycles. The molecule has 0 fully saturated rings. The smallest absolute Gasteiger partial charge is 0.230 e. The van der Waals surface area contributed by atoms with Crippen LogP contribution in [0.3, 0.4) is 0 Å². The van der Waals surface area contributed by atoms with Crippen LogP contribution in [0.4, 0.5) is 0 Å². The highest BCUT2D eigenvalue weighted by molar-refractivity contribution is 7.99. The van der Waals surface area contributed by atoms with E-state index in [9.17, 15) is 4.79 Å². The molecule has 146 valence electrons. The van der Waals surface area contributed by atoms with Gasteiger partial charge >= 0.3 is 0 Å². The number of hydrogen-bond acceptors (Lipinski definition) is 4. The normalized spacial score (nSPS) is 11.0. The monoisotopic (exact) mass is 394 g/mol. The topological polar surface area (TPSA) is 59.8 Å². The molecule has 0 unspecified atom stereocenters. The lowest BCUT2D eigenvalue weighted by atomic mass is 10.1. The summed E-state index contributed by atoms with van der Waals surface area (Å²) in [6.45, 7) is 5.72. The largest absolute Gasteiger partial charge is 0.351 e. The molecule has 2 aromatic carbocycles. The molecule has 0 saturated heterocycles. The summed E-state index contributed by atoms with van der Waals surface area (Å²) in [7, 11) is 0. The van der Waals surface area contributed by atoms with Crippen LogP contribution >= 0.6 is 11.8 Å².